The van der Waals surface area contributed by atoms with Crippen molar-refractivity contribution in [2.24, 2.45) is 0 Å². The molecule has 1 heterocycles. The fourth-order valence-corrected chi connectivity index (χ4v) is 28.7. The van der Waals surface area contributed by atoms with Gasteiger partial charge in [0.05, 0.1) is 0 Å². The molecule has 2 aliphatic carbocycles. The fourth-order valence-electron chi connectivity index (χ4n) is 10.7. The summed E-state index contributed by atoms with van der Waals surface area (Å²) < 4.78 is 4.39. The van der Waals surface area contributed by atoms with Crippen molar-refractivity contribution in [3.63, 3.8) is 0 Å². The Kier molecular flexibility index (Phi) is 12.8. The summed E-state index contributed by atoms with van der Waals surface area (Å²) in [7, 11) is 0. The van der Waals surface area contributed by atoms with Crippen LogP contribution < -0.4 is 24.8 Å². The SMILES string of the molecule is CCCCC1=Cc2c(-c3cc(C)cc(C)c3)c(C)c(C)c(C)c2[CH]1[Zr+2]1([CH]2C(CCCC)=Cc3c(-c4cc(C)cc(C)c4)c(C)c(C)c(C)c32)[CH2][CH2]1.[Cl-].[Cl-]. The average Bonchev–Trinajstić information content (AvgIpc) is 3.63. The smallest absolute Gasteiger partial charge is 1.00 e. The maximum atomic E-state index is 2.76. The molecule has 2 atom stereocenters. The number of halogens is 2. The van der Waals surface area contributed by atoms with Gasteiger partial charge in [-0.1, -0.05) is 0 Å². The van der Waals surface area contributed by atoms with E-state index in [0.29, 0.717) is 7.25 Å². The van der Waals surface area contributed by atoms with Crippen LogP contribution in [0.3, 0.4) is 0 Å². The number of hydrogen-bond acceptors (Lipinski definition) is 0. The molecule has 0 bridgehead atoms. The zero-order valence-corrected chi connectivity index (χ0v) is 38.7. The molecule has 7 rings (SSSR count). The number of benzene rings is 4. The monoisotopic (exact) mass is 822 g/mol. The van der Waals surface area contributed by atoms with E-state index in [9.17, 15) is 0 Å². The molecule has 3 heteroatoms. The molecule has 2 unspecified atom stereocenters. The second kappa shape index (κ2) is 16.1. The van der Waals surface area contributed by atoms with E-state index < -0.39 is 20.3 Å². The number of fused-ring (bicyclic) bond motifs is 2. The molecular weight excluding hydrogens is 763 g/mol. The molecule has 0 saturated carbocycles. The number of unbranched alkanes of at least 4 members (excludes halogenated alkanes) is 2. The Balaban J connectivity index is 0.00000271. The first-order valence-corrected chi connectivity index (χ1v) is 26.5. The summed E-state index contributed by atoms with van der Waals surface area (Å²) in [5.74, 6) is 0. The van der Waals surface area contributed by atoms with Crippen LogP contribution >= 0.6 is 0 Å². The Hall–Kier alpha value is -2.18. The molecule has 4 aromatic carbocycles. The van der Waals surface area contributed by atoms with E-state index in [4.69, 9.17) is 0 Å². The quantitative estimate of drug-likeness (QED) is 0.150. The maximum Gasteiger partial charge on any atom is -1.00 e. The van der Waals surface area contributed by atoms with Crippen molar-refractivity contribution in [1.29, 1.82) is 0 Å². The van der Waals surface area contributed by atoms with Crippen LogP contribution in [-0.2, 0) is 20.3 Å². The van der Waals surface area contributed by atoms with Gasteiger partial charge in [0.25, 0.3) is 0 Å². The van der Waals surface area contributed by atoms with Crippen molar-refractivity contribution in [2.45, 2.75) is 137 Å². The van der Waals surface area contributed by atoms with Crippen molar-refractivity contribution < 1.29 is 45.1 Å². The molecular formula is C50H62Cl2Zr. The van der Waals surface area contributed by atoms with Gasteiger partial charge in [0.15, 0.2) is 0 Å². The van der Waals surface area contributed by atoms with Crippen LogP contribution in [0.1, 0.15) is 138 Å². The van der Waals surface area contributed by atoms with Crippen LogP contribution in [0.5, 0.6) is 0 Å². The molecule has 0 N–H and O–H groups in total. The van der Waals surface area contributed by atoms with Gasteiger partial charge in [0.1, 0.15) is 0 Å². The molecule has 1 saturated heterocycles. The van der Waals surface area contributed by atoms with E-state index in [1.807, 2.05) is 0 Å². The summed E-state index contributed by atoms with van der Waals surface area (Å²) >= 11 is -2.96. The van der Waals surface area contributed by atoms with Gasteiger partial charge >= 0.3 is 317 Å². The molecule has 3 aliphatic rings. The topological polar surface area (TPSA) is 0 Å². The van der Waals surface area contributed by atoms with Gasteiger partial charge in [0.2, 0.25) is 0 Å². The summed E-state index contributed by atoms with van der Waals surface area (Å²) in [6.45, 7) is 28.5. The minimum atomic E-state index is -2.96. The molecule has 1 aliphatic heterocycles. The Morgan fingerprint density at radius 1 is 0.472 bits per heavy atom. The van der Waals surface area contributed by atoms with Crippen molar-refractivity contribution in [2.75, 3.05) is 0 Å². The summed E-state index contributed by atoms with van der Waals surface area (Å²) in [5, 5.41) is 0. The molecule has 0 amide bonds. The molecule has 280 valence electrons. The Labute approximate surface area is 339 Å². The third-order valence-electron chi connectivity index (χ3n) is 13.5. The predicted octanol–water partition coefficient (Wildman–Crippen LogP) is 9.07. The fraction of sp³-hybridized carbons (Fsp3) is 0.440. The first-order chi connectivity index (χ1) is 24.3. The zero-order valence-electron chi connectivity index (χ0n) is 34.7. The van der Waals surface area contributed by atoms with Gasteiger partial charge in [-0.3, -0.25) is 0 Å². The van der Waals surface area contributed by atoms with E-state index in [-0.39, 0.29) is 24.8 Å². The minimum absolute atomic E-state index is 0. The first kappa shape index (κ1) is 42.0. The number of allylic oxidation sites excluding steroid dienone is 2. The van der Waals surface area contributed by atoms with Crippen LogP contribution in [0.2, 0.25) is 8.26 Å². The van der Waals surface area contributed by atoms with E-state index in [1.165, 1.54) is 114 Å². The largest absolute Gasteiger partial charge is 1.00 e. The second-order valence-electron chi connectivity index (χ2n) is 17.2. The summed E-state index contributed by atoms with van der Waals surface area (Å²) in [6, 6.07) is 14.5. The molecule has 4 aromatic rings. The average molecular weight is 825 g/mol. The van der Waals surface area contributed by atoms with E-state index >= 15 is 0 Å². The van der Waals surface area contributed by atoms with Gasteiger partial charge < -0.3 is 24.8 Å². The molecule has 0 nitrogen and oxygen atoms in total. The first-order valence-electron chi connectivity index (χ1n) is 20.2. The van der Waals surface area contributed by atoms with Gasteiger partial charge in [-0.05, 0) is 0 Å². The summed E-state index contributed by atoms with van der Waals surface area (Å²) in [4.78, 5) is 0. The van der Waals surface area contributed by atoms with E-state index in [2.05, 4.69) is 132 Å². The second-order valence-corrected chi connectivity index (χ2v) is 28.5. The third-order valence-corrected chi connectivity index (χ3v) is 26.5. The molecule has 53 heavy (non-hydrogen) atoms. The van der Waals surface area contributed by atoms with Crippen molar-refractivity contribution in [3.8, 4) is 22.3 Å². The van der Waals surface area contributed by atoms with Gasteiger partial charge in [-0.15, -0.1) is 0 Å². The molecule has 0 spiro atoms. The van der Waals surface area contributed by atoms with Gasteiger partial charge in [0, 0.05) is 0 Å². The molecule has 1 fully saturated rings. The van der Waals surface area contributed by atoms with Gasteiger partial charge in [-0.2, -0.15) is 0 Å². The van der Waals surface area contributed by atoms with Crippen LogP contribution in [0, 0.1) is 69.2 Å². The Bertz CT molecular complexity index is 1950. The minimum Gasteiger partial charge on any atom is -1.00 e. The maximum absolute atomic E-state index is 2.96. The van der Waals surface area contributed by atoms with Crippen LogP contribution in [-0.4, -0.2) is 0 Å². The molecule has 0 aromatic heterocycles. The van der Waals surface area contributed by atoms with E-state index in [0.717, 1.165) is 0 Å². The normalized spacial score (nSPS) is 17.2. The Morgan fingerprint density at radius 3 is 1.11 bits per heavy atom. The predicted molar refractivity (Wildman–Crippen MR) is 221 cm³/mol. The standard InChI is InChI=1S/2C24H29.C2H4.2ClH.Zr/c2*1-7-8-9-20-13-22-18(5)17(4)19(6)24(23(22)14-20)21-11-15(2)10-16(3)12-21;1-2;;;/h2*10-14H,7-9H2,1-6H3;1-2H2;2*1H;/q;;;;;+2/p-2. The van der Waals surface area contributed by atoms with Crippen molar-refractivity contribution in [3.05, 3.63) is 125 Å². The van der Waals surface area contributed by atoms with Gasteiger partial charge in [-0.25, -0.2) is 0 Å². The number of aryl methyl sites for hydroxylation is 4. The van der Waals surface area contributed by atoms with Crippen LogP contribution in [0.15, 0.2) is 47.5 Å². The number of rotatable bonds is 10. The Morgan fingerprint density at radius 2 is 0.811 bits per heavy atom. The van der Waals surface area contributed by atoms with Crippen LogP contribution in [0.4, 0.5) is 0 Å². The summed E-state index contributed by atoms with van der Waals surface area (Å²) in [5.41, 5.74) is 30.9. The number of hydrogen-bond donors (Lipinski definition) is 0. The zero-order chi connectivity index (χ0) is 36.5. The van der Waals surface area contributed by atoms with Crippen LogP contribution in [0.25, 0.3) is 34.4 Å². The third kappa shape index (κ3) is 7.08. The van der Waals surface area contributed by atoms with E-state index in [1.54, 1.807) is 44.5 Å². The van der Waals surface area contributed by atoms with Crippen molar-refractivity contribution >= 4 is 12.2 Å². The molecule has 0 radical (unpaired) electrons. The van der Waals surface area contributed by atoms with Crippen molar-refractivity contribution in [1.82, 2.24) is 0 Å². The summed E-state index contributed by atoms with van der Waals surface area (Å²) in [6.07, 6.45) is 13.1.